The fourth-order valence-electron chi connectivity index (χ4n) is 5.08. The van der Waals surface area contributed by atoms with Crippen LogP contribution in [0.5, 0.6) is 17.6 Å². The second-order valence-electron chi connectivity index (χ2n) is 8.67. The van der Waals surface area contributed by atoms with Crippen molar-refractivity contribution < 1.29 is 23.4 Å². The average molecular weight is 479 g/mol. The molecular formula is C25H23F2N5O3. The lowest BCUT2D eigenvalue weighted by Gasteiger charge is -2.35. The van der Waals surface area contributed by atoms with Crippen LogP contribution in [0.15, 0.2) is 24.3 Å². The molecule has 0 saturated carbocycles. The minimum absolute atomic E-state index is 0.00280. The fraction of sp³-hybridized carbons (Fsp3) is 0.320. The van der Waals surface area contributed by atoms with E-state index in [1.54, 1.807) is 6.07 Å². The number of piperazine rings is 1. The van der Waals surface area contributed by atoms with E-state index in [9.17, 15) is 9.50 Å². The molecule has 1 atom stereocenters. The number of aromatic nitrogens is 3. The van der Waals surface area contributed by atoms with Gasteiger partial charge in [0.2, 0.25) is 5.88 Å². The number of nitrogens with zero attached hydrogens (tertiary/aromatic N) is 4. The van der Waals surface area contributed by atoms with Gasteiger partial charge in [0.25, 0.3) is 0 Å². The molecule has 8 nitrogen and oxygen atoms in total. The summed E-state index contributed by atoms with van der Waals surface area (Å²) < 4.78 is 42.4. The summed E-state index contributed by atoms with van der Waals surface area (Å²) in [5.74, 6) is -0.517. The van der Waals surface area contributed by atoms with Crippen molar-refractivity contribution in [3.63, 3.8) is 0 Å². The molecule has 35 heavy (non-hydrogen) atoms. The van der Waals surface area contributed by atoms with Gasteiger partial charge in [0.15, 0.2) is 5.82 Å². The maximum Gasteiger partial charge on any atom is 0.318 e. The van der Waals surface area contributed by atoms with Crippen molar-refractivity contribution in [2.45, 2.75) is 19.4 Å². The van der Waals surface area contributed by atoms with E-state index in [4.69, 9.17) is 9.47 Å². The summed E-state index contributed by atoms with van der Waals surface area (Å²) in [5.41, 5.74) is 0.587. The molecule has 2 aliphatic rings. The number of aromatic hydroxyl groups is 1. The molecule has 2 aromatic heterocycles. The largest absolute Gasteiger partial charge is 0.508 e. The van der Waals surface area contributed by atoms with Gasteiger partial charge in [0, 0.05) is 25.2 Å². The molecule has 2 aliphatic heterocycles. The molecule has 0 spiro atoms. The normalized spacial score (nSPS) is 17.3. The van der Waals surface area contributed by atoms with E-state index >= 15 is 4.39 Å². The van der Waals surface area contributed by atoms with E-state index in [2.05, 4.69) is 25.2 Å². The van der Waals surface area contributed by atoms with Crippen LogP contribution in [-0.2, 0) is 6.42 Å². The number of phenolic OH excluding ortho intramolecular Hbond substituents is 1. The molecule has 2 aromatic carbocycles. The number of nitrogens with one attached hydrogen (secondary N) is 1. The van der Waals surface area contributed by atoms with Crippen LogP contribution in [-0.4, -0.2) is 59.5 Å². The van der Waals surface area contributed by atoms with Crippen LogP contribution in [0.1, 0.15) is 12.5 Å². The summed E-state index contributed by atoms with van der Waals surface area (Å²) in [6, 6.07) is 5.82. The van der Waals surface area contributed by atoms with Crippen LogP contribution in [0.2, 0.25) is 0 Å². The average Bonchev–Trinajstić information content (AvgIpc) is 3.03. The van der Waals surface area contributed by atoms with Crippen LogP contribution < -0.4 is 19.7 Å². The molecule has 0 bridgehead atoms. The smallest absolute Gasteiger partial charge is 0.318 e. The summed E-state index contributed by atoms with van der Waals surface area (Å²) in [7, 11) is 1.43. The summed E-state index contributed by atoms with van der Waals surface area (Å²) >= 11 is 0. The van der Waals surface area contributed by atoms with Crippen LogP contribution in [0.3, 0.4) is 0 Å². The van der Waals surface area contributed by atoms with Gasteiger partial charge in [0.1, 0.15) is 40.6 Å². The highest BCUT2D eigenvalue weighted by molar-refractivity contribution is 6.03. The van der Waals surface area contributed by atoms with Gasteiger partial charge in [-0.2, -0.15) is 9.97 Å². The molecule has 0 aliphatic carbocycles. The van der Waals surface area contributed by atoms with Crippen LogP contribution in [0.4, 0.5) is 14.6 Å². The summed E-state index contributed by atoms with van der Waals surface area (Å²) in [6.45, 7) is 4.21. The zero-order chi connectivity index (χ0) is 24.3. The summed E-state index contributed by atoms with van der Waals surface area (Å²) in [4.78, 5) is 15.5. The molecule has 6 rings (SSSR count). The maximum atomic E-state index is 16.3. The van der Waals surface area contributed by atoms with Gasteiger partial charge in [-0.05, 0) is 41.0 Å². The molecule has 4 aromatic rings. The molecule has 0 amide bonds. The molecule has 0 unspecified atom stereocenters. The Morgan fingerprint density at radius 2 is 2.06 bits per heavy atom. The first-order chi connectivity index (χ1) is 17.0. The van der Waals surface area contributed by atoms with Crippen molar-refractivity contribution in [3.05, 3.63) is 41.5 Å². The zero-order valence-electron chi connectivity index (χ0n) is 19.2. The van der Waals surface area contributed by atoms with Crippen molar-refractivity contribution in [2.75, 3.05) is 38.3 Å². The second-order valence-corrected chi connectivity index (χ2v) is 8.67. The Balaban J connectivity index is 1.70. The Bertz CT molecular complexity index is 1500. The lowest BCUT2D eigenvalue weighted by molar-refractivity contribution is 0.266. The van der Waals surface area contributed by atoms with Gasteiger partial charge in [-0.3, -0.25) is 0 Å². The van der Waals surface area contributed by atoms with Gasteiger partial charge in [-0.15, -0.1) is 0 Å². The molecule has 1 fully saturated rings. The van der Waals surface area contributed by atoms with Gasteiger partial charge in [-0.1, -0.05) is 13.0 Å². The predicted molar refractivity (Wildman–Crippen MR) is 127 cm³/mol. The van der Waals surface area contributed by atoms with Gasteiger partial charge in [-0.25, -0.2) is 13.8 Å². The zero-order valence-corrected chi connectivity index (χ0v) is 19.2. The Hall–Kier alpha value is -3.79. The van der Waals surface area contributed by atoms with Crippen molar-refractivity contribution in [1.29, 1.82) is 0 Å². The number of hydrogen-bond acceptors (Lipinski definition) is 8. The number of aryl methyl sites for hydroxylation is 1. The Morgan fingerprint density at radius 3 is 2.86 bits per heavy atom. The number of hydrogen-bond donors (Lipinski definition) is 2. The lowest BCUT2D eigenvalue weighted by atomic mass is 9.94. The monoisotopic (exact) mass is 479 g/mol. The van der Waals surface area contributed by atoms with Gasteiger partial charge < -0.3 is 24.8 Å². The number of ether oxygens (including phenoxy) is 2. The van der Waals surface area contributed by atoms with Gasteiger partial charge >= 0.3 is 6.01 Å². The predicted octanol–water partition coefficient (Wildman–Crippen LogP) is 3.57. The number of fused-ring (bicyclic) bond motifs is 3. The highest BCUT2D eigenvalue weighted by Crippen LogP contribution is 2.43. The number of phenols is 1. The summed E-state index contributed by atoms with van der Waals surface area (Å²) in [6.07, 6.45) is 0.378. The molecule has 0 radical (unpaired) electrons. The van der Waals surface area contributed by atoms with E-state index in [0.29, 0.717) is 53.7 Å². The molecular weight excluding hydrogens is 456 g/mol. The standard InChI is InChI=1S/C25H23F2N5O3/c1-3-15-17(26)5-4-12-8-14(33)9-16(18(12)15)21-20(27)22-19-23(31-25(30-22)34-2)32-7-6-28-10-13(32)11-35-24(19)29-21/h4-5,8-9,13,28,33H,3,6-7,10-11H2,1-2H3/t13-/m0/s1. The van der Waals surface area contributed by atoms with Crippen LogP contribution in [0, 0.1) is 11.6 Å². The number of pyridine rings is 1. The van der Waals surface area contributed by atoms with Crippen LogP contribution >= 0.6 is 0 Å². The minimum atomic E-state index is -0.721. The number of methoxy groups -OCH3 is 1. The third-order valence-electron chi connectivity index (χ3n) is 6.69. The van der Waals surface area contributed by atoms with Crippen molar-refractivity contribution >= 4 is 27.5 Å². The van der Waals surface area contributed by atoms with E-state index < -0.39 is 11.6 Å². The highest BCUT2D eigenvalue weighted by atomic mass is 19.1. The first-order valence-electron chi connectivity index (χ1n) is 11.5. The third-order valence-corrected chi connectivity index (χ3v) is 6.69. The molecule has 10 heteroatoms. The SMILES string of the molecule is CCc1c(F)ccc2cc(O)cc(-c3nc4c5c(nc(OC)nc5c3F)N3CCNC[C@H]3CO4)c12. The van der Waals surface area contributed by atoms with Crippen molar-refractivity contribution in [1.82, 2.24) is 20.3 Å². The first kappa shape index (κ1) is 21.7. The fourth-order valence-corrected chi connectivity index (χ4v) is 5.08. The van der Waals surface area contributed by atoms with E-state index in [0.717, 1.165) is 6.54 Å². The Morgan fingerprint density at radius 1 is 1.20 bits per heavy atom. The molecule has 180 valence electrons. The second kappa shape index (κ2) is 8.16. The number of anilines is 1. The first-order valence-corrected chi connectivity index (χ1v) is 11.5. The Labute approximate surface area is 199 Å². The molecule has 1 saturated heterocycles. The molecule has 4 heterocycles. The van der Waals surface area contributed by atoms with Crippen molar-refractivity contribution in [3.8, 4) is 28.9 Å². The van der Waals surface area contributed by atoms with E-state index in [-0.39, 0.29) is 40.5 Å². The van der Waals surface area contributed by atoms with E-state index in [1.165, 1.54) is 25.3 Å². The third kappa shape index (κ3) is 3.31. The Kier molecular flexibility index (Phi) is 5.06. The topological polar surface area (TPSA) is 92.6 Å². The highest BCUT2D eigenvalue weighted by Gasteiger charge is 2.34. The van der Waals surface area contributed by atoms with Crippen molar-refractivity contribution in [2.24, 2.45) is 0 Å². The lowest BCUT2D eigenvalue weighted by Crippen LogP contribution is -2.53. The molecule has 2 N–H and O–H groups in total. The maximum absolute atomic E-state index is 16.3. The number of benzene rings is 2. The number of halogens is 2. The summed E-state index contributed by atoms with van der Waals surface area (Å²) in [5, 5.41) is 15.2. The van der Waals surface area contributed by atoms with Gasteiger partial charge in [0.05, 0.1) is 13.2 Å². The minimum Gasteiger partial charge on any atom is -0.508 e. The van der Waals surface area contributed by atoms with Crippen LogP contribution in [0.25, 0.3) is 32.9 Å². The quantitative estimate of drug-likeness (QED) is 0.461. The number of rotatable bonds is 3. The van der Waals surface area contributed by atoms with E-state index in [1.807, 2.05) is 6.92 Å².